The first-order chi connectivity index (χ1) is 13.5. The van der Waals surface area contributed by atoms with E-state index in [1.54, 1.807) is 31.2 Å². The first-order valence-electron chi connectivity index (χ1n) is 8.55. The van der Waals surface area contributed by atoms with Crippen LogP contribution in [0.3, 0.4) is 0 Å². The minimum Gasteiger partial charge on any atom is -0.324 e. The number of anilines is 2. The lowest BCUT2D eigenvalue weighted by molar-refractivity contribution is -0.384. The van der Waals surface area contributed by atoms with E-state index >= 15 is 0 Å². The fraction of sp³-hybridized carbons (Fsp3) is 0.263. The highest BCUT2D eigenvalue weighted by molar-refractivity contribution is 7.92. The molecular formula is C19H20N4O5S. The molecule has 0 heterocycles. The molecule has 152 valence electrons. The van der Waals surface area contributed by atoms with Gasteiger partial charge in [0.15, 0.2) is 0 Å². The third-order valence-electron chi connectivity index (χ3n) is 4.23. The number of amides is 1. The van der Waals surface area contributed by atoms with Gasteiger partial charge in [-0.2, -0.15) is 5.26 Å². The quantitative estimate of drug-likeness (QED) is 0.545. The van der Waals surface area contributed by atoms with Crippen molar-refractivity contribution >= 4 is 33.0 Å². The van der Waals surface area contributed by atoms with Gasteiger partial charge in [-0.15, -0.1) is 0 Å². The Morgan fingerprint density at radius 2 is 1.90 bits per heavy atom. The number of rotatable bonds is 7. The Bertz CT molecular complexity index is 1070. The number of nitrogens with zero attached hydrogens (tertiary/aromatic N) is 3. The first kappa shape index (κ1) is 21.8. The molecule has 1 N–H and O–H groups in total. The van der Waals surface area contributed by atoms with Gasteiger partial charge in [-0.05, 0) is 37.1 Å². The van der Waals surface area contributed by atoms with Crippen molar-refractivity contribution in [1.29, 1.82) is 5.26 Å². The standard InChI is InChI=1S/C19H20N4O5S/c1-13-4-9-17(23(25)26)12-18(13)22(29(3,27)28)14(2)19(24)21-16-7-5-15(6-8-16)10-11-20/h4-9,12,14H,10H2,1-3H3,(H,21,24)/t14-/m0/s1. The largest absolute Gasteiger partial charge is 0.324 e. The summed E-state index contributed by atoms with van der Waals surface area (Å²) in [6, 6.07) is 11.3. The maximum Gasteiger partial charge on any atom is 0.271 e. The molecule has 0 fully saturated rings. The molecule has 2 rings (SSSR count). The van der Waals surface area contributed by atoms with Crippen molar-refractivity contribution in [3.8, 4) is 6.07 Å². The molecule has 0 saturated heterocycles. The fourth-order valence-corrected chi connectivity index (χ4v) is 4.00. The Labute approximate surface area is 168 Å². The van der Waals surface area contributed by atoms with Crippen molar-refractivity contribution < 1.29 is 18.1 Å². The third kappa shape index (κ3) is 5.30. The number of sulfonamides is 1. The molecule has 10 heteroatoms. The summed E-state index contributed by atoms with van der Waals surface area (Å²) in [5.41, 5.74) is 1.48. The molecule has 0 aromatic heterocycles. The summed E-state index contributed by atoms with van der Waals surface area (Å²) in [6.07, 6.45) is 1.17. The zero-order valence-electron chi connectivity index (χ0n) is 16.1. The van der Waals surface area contributed by atoms with Crippen molar-refractivity contribution in [3.63, 3.8) is 0 Å². The first-order valence-corrected chi connectivity index (χ1v) is 10.4. The molecule has 0 radical (unpaired) electrons. The number of nitriles is 1. The van der Waals surface area contributed by atoms with Crippen LogP contribution in [-0.4, -0.2) is 31.5 Å². The Hall–Kier alpha value is -3.45. The average Bonchev–Trinajstić information content (AvgIpc) is 2.63. The molecule has 0 aliphatic rings. The van der Waals surface area contributed by atoms with Gasteiger partial charge in [0, 0.05) is 17.8 Å². The summed E-state index contributed by atoms with van der Waals surface area (Å²) >= 11 is 0. The van der Waals surface area contributed by atoms with E-state index in [0.29, 0.717) is 11.3 Å². The summed E-state index contributed by atoms with van der Waals surface area (Å²) < 4.78 is 25.7. The van der Waals surface area contributed by atoms with Crippen molar-refractivity contribution in [1.82, 2.24) is 0 Å². The van der Waals surface area contributed by atoms with Crippen LogP contribution in [0.1, 0.15) is 18.1 Å². The predicted octanol–water partition coefficient (Wildman–Crippen LogP) is 2.76. The van der Waals surface area contributed by atoms with E-state index in [4.69, 9.17) is 5.26 Å². The van der Waals surface area contributed by atoms with Crippen molar-refractivity contribution in [2.75, 3.05) is 15.9 Å². The normalized spacial score (nSPS) is 11.9. The van der Waals surface area contributed by atoms with Gasteiger partial charge in [-0.1, -0.05) is 18.2 Å². The number of carbonyl (C=O) groups excluding carboxylic acids is 1. The number of carbonyl (C=O) groups is 1. The molecule has 1 atom stereocenters. The number of non-ortho nitro benzene ring substituents is 1. The average molecular weight is 416 g/mol. The van der Waals surface area contributed by atoms with Crippen LogP contribution in [0.15, 0.2) is 42.5 Å². The van der Waals surface area contributed by atoms with Crippen molar-refractivity contribution in [2.24, 2.45) is 0 Å². The van der Waals surface area contributed by atoms with Crippen LogP contribution in [0.4, 0.5) is 17.1 Å². The highest BCUT2D eigenvalue weighted by atomic mass is 32.2. The second kappa shape index (κ2) is 8.70. The van der Waals surface area contributed by atoms with E-state index in [9.17, 15) is 23.3 Å². The van der Waals surface area contributed by atoms with E-state index in [1.807, 2.05) is 6.07 Å². The Morgan fingerprint density at radius 3 is 2.41 bits per heavy atom. The summed E-state index contributed by atoms with van der Waals surface area (Å²) in [5, 5.41) is 22.4. The highest BCUT2D eigenvalue weighted by Crippen LogP contribution is 2.29. The van der Waals surface area contributed by atoms with Crippen LogP contribution >= 0.6 is 0 Å². The molecule has 0 aliphatic heterocycles. The minimum absolute atomic E-state index is 0.0636. The molecule has 29 heavy (non-hydrogen) atoms. The lowest BCUT2D eigenvalue weighted by Gasteiger charge is -2.29. The third-order valence-corrected chi connectivity index (χ3v) is 5.46. The summed E-state index contributed by atoms with van der Waals surface area (Å²) in [4.78, 5) is 23.2. The molecule has 0 aliphatic carbocycles. The van der Waals surface area contributed by atoms with Crippen LogP contribution in [-0.2, 0) is 21.2 Å². The molecule has 0 spiro atoms. The maximum absolute atomic E-state index is 12.7. The second-order valence-corrected chi connectivity index (χ2v) is 8.34. The molecule has 0 unspecified atom stereocenters. The zero-order chi connectivity index (χ0) is 21.8. The predicted molar refractivity (Wildman–Crippen MR) is 109 cm³/mol. The van der Waals surface area contributed by atoms with Gasteiger partial charge in [0.2, 0.25) is 15.9 Å². The monoisotopic (exact) mass is 416 g/mol. The van der Waals surface area contributed by atoms with Gasteiger partial charge in [0.1, 0.15) is 6.04 Å². The second-order valence-electron chi connectivity index (χ2n) is 6.48. The molecule has 2 aromatic rings. The Morgan fingerprint density at radius 1 is 1.28 bits per heavy atom. The number of benzene rings is 2. The smallest absolute Gasteiger partial charge is 0.271 e. The van der Waals surface area contributed by atoms with Gasteiger partial charge in [0.25, 0.3) is 5.69 Å². The number of nitro benzene ring substituents is 1. The van der Waals surface area contributed by atoms with E-state index in [1.165, 1.54) is 19.1 Å². The zero-order valence-corrected chi connectivity index (χ0v) is 16.9. The van der Waals surface area contributed by atoms with Crippen LogP contribution < -0.4 is 9.62 Å². The molecule has 2 aromatic carbocycles. The van der Waals surface area contributed by atoms with Crippen LogP contribution in [0, 0.1) is 28.4 Å². The number of hydrogen-bond acceptors (Lipinski definition) is 6. The molecule has 0 bridgehead atoms. The topological polar surface area (TPSA) is 133 Å². The number of aryl methyl sites for hydroxylation is 1. The fourth-order valence-electron chi connectivity index (χ4n) is 2.77. The summed E-state index contributed by atoms with van der Waals surface area (Å²) in [7, 11) is -3.92. The van der Waals surface area contributed by atoms with Crippen LogP contribution in [0.5, 0.6) is 0 Å². The van der Waals surface area contributed by atoms with E-state index in [0.717, 1.165) is 22.2 Å². The van der Waals surface area contributed by atoms with E-state index < -0.39 is 26.9 Å². The molecule has 9 nitrogen and oxygen atoms in total. The lowest BCUT2D eigenvalue weighted by atomic mass is 10.1. The lowest BCUT2D eigenvalue weighted by Crippen LogP contribution is -2.45. The molecule has 1 amide bonds. The molecular weight excluding hydrogens is 396 g/mol. The van der Waals surface area contributed by atoms with Crippen LogP contribution in [0.2, 0.25) is 0 Å². The maximum atomic E-state index is 12.7. The van der Waals surface area contributed by atoms with Gasteiger partial charge in [-0.25, -0.2) is 8.42 Å². The minimum atomic E-state index is -3.92. The van der Waals surface area contributed by atoms with Gasteiger partial charge < -0.3 is 5.32 Å². The Kier molecular flexibility index (Phi) is 6.56. The number of nitro groups is 1. The van der Waals surface area contributed by atoms with Gasteiger partial charge >= 0.3 is 0 Å². The number of hydrogen-bond donors (Lipinski definition) is 1. The van der Waals surface area contributed by atoms with Gasteiger partial charge in [-0.3, -0.25) is 19.2 Å². The van der Waals surface area contributed by atoms with Crippen LogP contribution in [0.25, 0.3) is 0 Å². The SMILES string of the molecule is Cc1ccc([N+](=O)[O-])cc1N([C@@H](C)C(=O)Nc1ccc(CC#N)cc1)S(C)(=O)=O. The van der Waals surface area contributed by atoms with Crippen molar-refractivity contribution in [3.05, 3.63) is 63.7 Å². The molecule has 0 saturated carbocycles. The Balaban J connectivity index is 2.36. The number of nitrogens with one attached hydrogen (secondary N) is 1. The summed E-state index contributed by atoms with van der Waals surface area (Å²) in [5.74, 6) is -0.602. The van der Waals surface area contributed by atoms with Crippen molar-refractivity contribution in [2.45, 2.75) is 26.3 Å². The van der Waals surface area contributed by atoms with E-state index in [-0.39, 0.29) is 17.8 Å². The summed E-state index contributed by atoms with van der Waals surface area (Å²) in [6.45, 7) is 3.01. The van der Waals surface area contributed by atoms with Gasteiger partial charge in [0.05, 0.1) is 29.4 Å². The van der Waals surface area contributed by atoms with E-state index in [2.05, 4.69) is 5.32 Å². The highest BCUT2D eigenvalue weighted by Gasteiger charge is 2.31.